The Balaban J connectivity index is 2.81. The van der Waals surface area contributed by atoms with Crippen LogP contribution in [0.15, 0.2) is 24.3 Å². The third-order valence-electron chi connectivity index (χ3n) is 3.41. The zero-order valence-electron chi connectivity index (χ0n) is 13.8. The van der Waals surface area contributed by atoms with Gasteiger partial charge in [0.2, 0.25) is 0 Å². The Morgan fingerprint density at radius 2 is 2.00 bits per heavy atom. The van der Waals surface area contributed by atoms with Crippen molar-refractivity contribution in [1.29, 1.82) is 0 Å². The molecule has 1 atom stereocenters. The fraction of sp³-hybridized carbons (Fsp3) is 0.647. The number of hydrogen-bond donors (Lipinski definition) is 1. The lowest BCUT2D eigenvalue weighted by Crippen LogP contribution is -2.36. The van der Waals surface area contributed by atoms with Gasteiger partial charge in [0.25, 0.3) is 0 Å². The number of rotatable bonds is 10. The van der Waals surface area contributed by atoms with E-state index in [2.05, 4.69) is 24.0 Å². The number of hydrogen-bond acceptors (Lipinski definition) is 4. The van der Waals surface area contributed by atoms with Crippen molar-refractivity contribution in [2.75, 3.05) is 32.8 Å². The van der Waals surface area contributed by atoms with Gasteiger partial charge in [0.05, 0.1) is 12.7 Å². The van der Waals surface area contributed by atoms with Crippen LogP contribution >= 0.6 is 0 Å². The third kappa shape index (κ3) is 6.04. The lowest BCUT2D eigenvalue weighted by molar-refractivity contribution is 0.0979. The van der Waals surface area contributed by atoms with Crippen LogP contribution in [0.2, 0.25) is 0 Å². The van der Waals surface area contributed by atoms with Crippen LogP contribution < -0.4 is 10.5 Å². The minimum absolute atomic E-state index is 0.178. The summed E-state index contributed by atoms with van der Waals surface area (Å²) in [7, 11) is 0. The van der Waals surface area contributed by atoms with Crippen LogP contribution in [-0.2, 0) is 4.74 Å². The van der Waals surface area contributed by atoms with Gasteiger partial charge in [-0.05, 0) is 45.0 Å². The molecule has 0 fully saturated rings. The molecule has 0 saturated carbocycles. The average Bonchev–Trinajstić information content (AvgIpc) is 2.46. The van der Waals surface area contributed by atoms with Crippen LogP contribution in [0.5, 0.6) is 5.75 Å². The molecule has 0 radical (unpaired) electrons. The van der Waals surface area contributed by atoms with Crippen LogP contribution in [0.3, 0.4) is 0 Å². The van der Waals surface area contributed by atoms with E-state index >= 15 is 0 Å². The van der Waals surface area contributed by atoms with Gasteiger partial charge in [-0.15, -0.1) is 0 Å². The van der Waals surface area contributed by atoms with Crippen molar-refractivity contribution >= 4 is 0 Å². The summed E-state index contributed by atoms with van der Waals surface area (Å²) < 4.78 is 11.2. The zero-order chi connectivity index (χ0) is 15.7. The minimum atomic E-state index is 0.178. The fourth-order valence-electron chi connectivity index (χ4n) is 2.42. The Labute approximate surface area is 129 Å². The van der Waals surface area contributed by atoms with Gasteiger partial charge in [0.1, 0.15) is 5.75 Å². The molecule has 21 heavy (non-hydrogen) atoms. The number of nitrogens with zero attached hydrogens (tertiary/aromatic N) is 1. The molecule has 0 bridgehead atoms. The van der Waals surface area contributed by atoms with Crippen molar-refractivity contribution in [3.63, 3.8) is 0 Å². The third-order valence-corrected chi connectivity index (χ3v) is 3.41. The standard InChI is InChI=1S/C17H30N2O2/c1-5-19(10-11-20-6-2)17(13-18)15-8-7-9-16(12-15)21-14(3)4/h7-9,12,14,17H,5-6,10-11,13,18H2,1-4H3. The Morgan fingerprint density at radius 1 is 1.24 bits per heavy atom. The van der Waals surface area contributed by atoms with Crippen LogP contribution in [0.4, 0.5) is 0 Å². The molecule has 0 heterocycles. The lowest BCUT2D eigenvalue weighted by Gasteiger charge is -2.30. The number of ether oxygens (including phenoxy) is 2. The van der Waals surface area contributed by atoms with Crippen molar-refractivity contribution in [2.45, 2.75) is 39.8 Å². The normalized spacial score (nSPS) is 12.9. The summed E-state index contributed by atoms with van der Waals surface area (Å²) in [6.45, 7) is 12.2. The minimum Gasteiger partial charge on any atom is -0.491 e. The van der Waals surface area contributed by atoms with Crippen LogP contribution in [-0.4, -0.2) is 43.9 Å². The molecule has 2 N–H and O–H groups in total. The van der Waals surface area contributed by atoms with E-state index in [9.17, 15) is 0 Å². The highest BCUT2D eigenvalue weighted by Crippen LogP contribution is 2.24. The van der Waals surface area contributed by atoms with Gasteiger partial charge in [0, 0.05) is 25.7 Å². The highest BCUT2D eigenvalue weighted by atomic mass is 16.5. The molecule has 0 aliphatic rings. The van der Waals surface area contributed by atoms with Crippen molar-refractivity contribution in [3.8, 4) is 5.75 Å². The number of nitrogens with two attached hydrogens (primary N) is 1. The van der Waals surface area contributed by atoms with E-state index in [-0.39, 0.29) is 12.1 Å². The molecule has 0 aliphatic heterocycles. The van der Waals surface area contributed by atoms with Crippen molar-refractivity contribution in [2.24, 2.45) is 5.73 Å². The summed E-state index contributed by atoms with van der Waals surface area (Å²) in [6.07, 6.45) is 0.178. The van der Waals surface area contributed by atoms with E-state index in [1.807, 2.05) is 32.9 Å². The maximum Gasteiger partial charge on any atom is 0.120 e. The smallest absolute Gasteiger partial charge is 0.120 e. The first kappa shape index (κ1) is 18.0. The maximum absolute atomic E-state index is 6.01. The first-order chi connectivity index (χ1) is 10.1. The van der Waals surface area contributed by atoms with E-state index in [0.717, 1.165) is 32.1 Å². The van der Waals surface area contributed by atoms with E-state index in [1.165, 1.54) is 5.56 Å². The van der Waals surface area contributed by atoms with Gasteiger partial charge in [-0.1, -0.05) is 19.1 Å². The number of benzene rings is 1. The largest absolute Gasteiger partial charge is 0.491 e. The predicted molar refractivity (Wildman–Crippen MR) is 87.7 cm³/mol. The predicted octanol–water partition coefficient (Wildman–Crippen LogP) is 2.83. The van der Waals surface area contributed by atoms with E-state index in [0.29, 0.717) is 6.54 Å². The molecular formula is C17H30N2O2. The summed E-state index contributed by atoms with van der Waals surface area (Å²) in [5.74, 6) is 0.904. The van der Waals surface area contributed by atoms with Gasteiger partial charge in [-0.2, -0.15) is 0 Å². The second kappa shape index (κ2) is 9.77. The van der Waals surface area contributed by atoms with E-state index in [4.69, 9.17) is 15.2 Å². The second-order valence-electron chi connectivity index (χ2n) is 5.32. The summed E-state index contributed by atoms with van der Waals surface area (Å²) in [5.41, 5.74) is 7.22. The van der Waals surface area contributed by atoms with Gasteiger partial charge in [0.15, 0.2) is 0 Å². The van der Waals surface area contributed by atoms with Crippen LogP contribution in [0, 0.1) is 0 Å². The molecule has 120 valence electrons. The molecule has 4 nitrogen and oxygen atoms in total. The summed E-state index contributed by atoms with van der Waals surface area (Å²) >= 11 is 0. The summed E-state index contributed by atoms with van der Waals surface area (Å²) in [6, 6.07) is 8.44. The molecule has 0 aromatic heterocycles. The molecule has 4 heteroatoms. The van der Waals surface area contributed by atoms with Crippen molar-refractivity contribution in [1.82, 2.24) is 4.90 Å². The first-order valence-electron chi connectivity index (χ1n) is 7.90. The highest BCUT2D eigenvalue weighted by molar-refractivity contribution is 5.31. The Hall–Kier alpha value is -1.10. The van der Waals surface area contributed by atoms with Gasteiger partial charge < -0.3 is 15.2 Å². The topological polar surface area (TPSA) is 47.7 Å². The van der Waals surface area contributed by atoms with E-state index in [1.54, 1.807) is 0 Å². The van der Waals surface area contributed by atoms with Gasteiger partial charge in [-0.25, -0.2) is 0 Å². The molecule has 0 saturated heterocycles. The summed E-state index contributed by atoms with van der Waals surface area (Å²) in [4.78, 5) is 2.35. The summed E-state index contributed by atoms with van der Waals surface area (Å²) in [5, 5.41) is 0. The van der Waals surface area contributed by atoms with Crippen LogP contribution in [0.1, 0.15) is 39.3 Å². The quantitative estimate of drug-likeness (QED) is 0.674. The van der Waals surface area contributed by atoms with Gasteiger partial charge >= 0.3 is 0 Å². The zero-order valence-corrected chi connectivity index (χ0v) is 13.8. The Morgan fingerprint density at radius 3 is 2.57 bits per heavy atom. The molecule has 0 aliphatic carbocycles. The van der Waals surface area contributed by atoms with Crippen LogP contribution in [0.25, 0.3) is 0 Å². The first-order valence-corrected chi connectivity index (χ1v) is 7.90. The van der Waals surface area contributed by atoms with Crippen molar-refractivity contribution in [3.05, 3.63) is 29.8 Å². The highest BCUT2D eigenvalue weighted by Gasteiger charge is 2.18. The molecule has 0 amide bonds. The number of likely N-dealkylation sites (N-methyl/N-ethyl adjacent to an activating group) is 1. The SMILES string of the molecule is CCOCCN(CC)C(CN)c1cccc(OC(C)C)c1. The van der Waals surface area contributed by atoms with Crippen molar-refractivity contribution < 1.29 is 9.47 Å². The fourth-order valence-corrected chi connectivity index (χ4v) is 2.42. The molecule has 1 aromatic rings. The monoisotopic (exact) mass is 294 g/mol. The lowest BCUT2D eigenvalue weighted by atomic mass is 10.0. The Kier molecular flexibility index (Phi) is 8.35. The van der Waals surface area contributed by atoms with E-state index < -0.39 is 0 Å². The molecule has 1 aromatic carbocycles. The second-order valence-corrected chi connectivity index (χ2v) is 5.32. The Bertz CT molecular complexity index is 396. The average molecular weight is 294 g/mol. The molecule has 1 rings (SSSR count). The molecular weight excluding hydrogens is 264 g/mol. The maximum atomic E-state index is 6.01. The molecule has 1 unspecified atom stereocenters. The molecule has 0 spiro atoms. The van der Waals surface area contributed by atoms with Gasteiger partial charge in [-0.3, -0.25) is 4.90 Å².